The number of methoxy groups -OCH3 is 1. The van der Waals surface area contributed by atoms with E-state index in [1.54, 1.807) is 24.3 Å². The van der Waals surface area contributed by atoms with Gasteiger partial charge in [0, 0.05) is 43.9 Å². The van der Waals surface area contributed by atoms with Crippen molar-refractivity contribution in [3.63, 3.8) is 0 Å². The quantitative estimate of drug-likeness (QED) is 0.592. The van der Waals surface area contributed by atoms with Crippen LogP contribution in [0.1, 0.15) is 17.5 Å². The fourth-order valence-corrected chi connectivity index (χ4v) is 4.22. The first-order valence-electron chi connectivity index (χ1n) is 11.1. The Hall–Kier alpha value is -3.26. The molecule has 8 heteroatoms. The van der Waals surface area contributed by atoms with E-state index in [0.717, 1.165) is 24.2 Å². The first kappa shape index (κ1) is 22.9. The SMILES string of the molecule is COc1ccc(-c2nn(CCCc3ccc(F)cc3)c(=O)c(N3CCNCC3)c2C)cc1F. The van der Waals surface area contributed by atoms with Crippen molar-refractivity contribution in [1.82, 2.24) is 15.1 Å². The first-order chi connectivity index (χ1) is 16.0. The van der Waals surface area contributed by atoms with E-state index in [1.165, 1.54) is 30.0 Å². The molecular weight excluding hydrogens is 426 g/mol. The maximum Gasteiger partial charge on any atom is 0.290 e. The van der Waals surface area contributed by atoms with Crippen molar-refractivity contribution in [2.24, 2.45) is 0 Å². The van der Waals surface area contributed by atoms with Crippen molar-refractivity contribution in [3.8, 4) is 17.0 Å². The molecule has 0 amide bonds. The lowest BCUT2D eigenvalue weighted by Gasteiger charge is -2.31. The number of halogens is 2. The molecule has 1 N–H and O–H groups in total. The van der Waals surface area contributed by atoms with Crippen LogP contribution in [0.3, 0.4) is 0 Å². The molecule has 0 bridgehead atoms. The van der Waals surface area contributed by atoms with Crippen LogP contribution in [-0.2, 0) is 13.0 Å². The molecule has 1 aliphatic heterocycles. The van der Waals surface area contributed by atoms with Crippen LogP contribution < -0.4 is 20.5 Å². The van der Waals surface area contributed by atoms with E-state index in [2.05, 4.69) is 15.3 Å². The molecule has 33 heavy (non-hydrogen) atoms. The fraction of sp³-hybridized carbons (Fsp3) is 0.360. The zero-order valence-electron chi connectivity index (χ0n) is 18.9. The first-order valence-corrected chi connectivity index (χ1v) is 11.1. The van der Waals surface area contributed by atoms with Gasteiger partial charge in [0.1, 0.15) is 11.5 Å². The number of hydrogen-bond acceptors (Lipinski definition) is 5. The maximum absolute atomic E-state index is 14.5. The lowest BCUT2D eigenvalue weighted by Crippen LogP contribution is -2.46. The second kappa shape index (κ2) is 10.1. The Morgan fingerprint density at radius 2 is 1.82 bits per heavy atom. The minimum absolute atomic E-state index is 0.147. The highest BCUT2D eigenvalue weighted by Crippen LogP contribution is 2.29. The Bertz CT molecular complexity index is 1170. The molecule has 174 valence electrons. The summed E-state index contributed by atoms with van der Waals surface area (Å²) in [5, 5.41) is 7.94. The van der Waals surface area contributed by atoms with Crippen LogP contribution in [-0.4, -0.2) is 43.1 Å². The van der Waals surface area contributed by atoms with Gasteiger partial charge in [-0.1, -0.05) is 12.1 Å². The highest BCUT2D eigenvalue weighted by molar-refractivity contribution is 5.70. The van der Waals surface area contributed by atoms with Crippen LogP contribution in [0, 0.1) is 18.6 Å². The molecule has 1 fully saturated rings. The molecular formula is C25H28F2N4O2. The molecule has 0 spiro atoms. The highest BCUT2D eigenvalue weighted by Gasteiger charge is 2.22. The molecule has 2 aromatic carbocycles. The molecule has 4 rings (SSSR count). The van der Waals surface area contributed by atoms with Crippen LogP contribution >= 0.6 is 0 Å². The van der Waals surface area contributed by atoms with Crippen molar-refractivity contribution in [2.45, 2.75) is 26.3 Å². The van der Waals surface area contributed by atoms with E-state index in [4.69, 9.17) is 4.74 Å². The number of aryl methyl sites for hydroxylation is 2. The lowest BCUT2D eigenvalue weighted by molar-refractivity contribution is 0.386. The topological polar surface area (TPSA) is 59.4 Å². The van der Waals surface area contributed by atoms with Gasteiger partial charge in [-0.25, -0.2) is 13.5 Å². The predicted octanol–water partition coefficient (Wildman–Crippen LogP) is 3.55. The Balaban J connectivity index is 1.70. The van der Waals surface area contributed by atoms with Gasteiger partial charge in [-0.05, 0) is 55.7 Å². The Labute approximate surface area is 191 Å². The standard InChI is InChI=1S/C25H28F2N4O2/c1-17-23(19-7-10-22(33-2)21(27)16-19)29-31(13-3-4-18-5-8-20(26)9-6-18)25(32)24(17)30-14-11-28-12-15-30/h5-10,16,28H,3-4,11-15H2,1-2H3. The summed E-state index contributed by atoms with van der Waals surface area (Å²) >= 11 is 0. The number of benzene rings is 2. The van der Waals surface area contributed by atoms with Crippen molar-refractivity contribution in [2.75, 3.05) is 38.2 Å². The van der Waals surface area contributed by atoms with Crippen LogP contribution in [0.5, 0.6) is 5.75 Å². The van der Waals surface area contributed by atoms with E-state index >= 15 is 0 Å². The summed E-state index contributed by atoms with van der Waals surface area (Å²) in [7, 11) is 1.42. The van der Waals surface area contributed by atoms with Crippen molar-refractivity contribution in [1.29, 1.82) is 0 Å². The molecule has 6 nitrogen and oxygen atoms in total. The molecule has 0 saturated carbocycles. The molecule has 0 radical (unpaired) electrons. The second-order valence-electron chi connectivity index (χ2n) is 8.17. The monoisotopic (exact) mass is 454 g/mol. The van der Waals surface area contributed by atoms with E-state index in [1.807, 2.05) is 6.92 Å². The smallest absolute Gasteiger partial charge is 0.290 e. The van der Waals surface area contributed by atoms with Crippen molar-refractivity contribution in [3.05, 3.63) is 75.6 Å². The minimum Gasteiger partial charge on any atom is -0.494 e. The fourth-order valence-electron chi connectivity index (χ4n) is 4.22. The van der Waals surface area contributed by atoms with E-state index in [9.17, 15) is 13.6 Å². The van der Waals surface area contributed by atoms with E-state index < -0.39 is 5.82 Å². The highest BCUT2D eigenvalue weighted by atomic mass is 19.1. The second-order valence-corrected chi connectivity index (χ2v) is 8.17. The van der Waals surface area contributed by atoms with Gasteiger partial charge in [-0.15, -0.1) is 0 Å². The van der Waals surface area contributed by atoms with Crippen LogP contribution in [0.15, 0.2) is 47.3 Å². The zero-order chi connectivity index (χ0) is 23.4. The van der Waals surface area contributed by atoms with Gasteiger partial charge in [0.2, 0.25) is 0 Å². The van der Waals surface area contributed by atoms with Gasteiger partial charge < -0.3 is 15.0 Å². The lowest BCUT2D eigenvalue weighted by atomic mass is 10.0. The molecule has 3 aromatic rings. The summed E-state index contributed by atoms with van der Waals surface area (Å²) in [5.74, 6) is -0.590. The average molecular weight is 455 g/mol. The largest absolute Gasteiger partial charge is 0.494 e. The molecule has 1 aromatic heterocycles. The maximum atomic E-state index is 14.5. The Morgan fingerprint density at radius 1 is 1.09 bits per heavy atom. The predicted molar refractivity (Wildman–Crippen MR) is 125 cm³/mol. The third-order valence-corrected chi connectivity index (χ3v) is 5.98. The summed E-state index contributed by atoms with van der Waals surface area (Å²) in [4.78, 5) is 15.5. The number of ether oxygens (including phenoxy) is 1. The van der Waals surface area contributed by atoms with Gasteiger partial charge >= 0.3 is 0 Å². The van der Waals surface area contributed by atoms with Gasteiger partial charge in [0.15, 0.2) is 11.6 Å². The molecule has 0 atom stereocenters. The Morgan fingerprint density at radius 3 is 2.48 bits per heavy atom. The number of nitrogens with one attached hydrogen (secondary N) is 1. The van der Waals surface area contributed by atoms with Crippen LogP contribution in [0.25, 0.3) is 11.3 Å². The molecule has 0 unspecified atom stereocenters. The number of aromatic nitrogens is 2. The van der Waals surface area contributed by atoms with E-state index in [0.29, 0.717) is 49.4 Å². The van der Waals surface area contributed by atoms with Crippen LogP contribution in [0.4, 0.5) is 14.5 Å². The molecule has 2 heterocycles. The van der Waals surface area contributed by atoms with Gasteiger partial charge in [0.05, 0.1) is 12.8 Å². The summed E-state index contributed by atoms with van der Waals surface area (Å²) in [6, 6.07) is 11.1. The number of nitrogens with zero attached hydrogens (tertiary/aromatic N) is 3. The van der Waals surface area contributed by atoms with Gasteiger partial charge in [-0.3, -0.25) is 4.79 Å². The third kappa shape index (κ3) is 5.06. The number of rotatable bonds is 7. The molecule has 1 aliphatic rings. The van der Waals surface area contributed by atoms with Crippen LogP contribution in [0.2, 0.25) is 0 Å². The number of hydrogen-bond donors (Lipinski definition) is 1. The summed E-state index contributed by atoms with van der Waals surface area (Å²) in [5.41, 5.74) is 3.37. The number of anilines is 1. The van der Waals surface area contributed by atoms with Crippen molar-refractivity contribution < 1.29 is 13.5 Å². The summed E-state index contributed by atoms with van der Waals surface area (Å²) < 4.78 is 34.1. The van der Waals surface area contributed by atoms with Crippen molar-refractivity contribution >= 4 is 5.69 Å². The van der Waals surface area contributed by atoms with E-state index in [-0.39, 0.29) is 17.1 Å². The van der Waals surface area contributed by atoms with Gasteiger partial charge in [0.25, 0.3) is 5.56 Å². The molecule has 1 saturated heterocycles. The third-order valence-electron chi connectivity index (χ3n) is 5.98. The summed E-state index contributed by atoms with van der Waals surface area (Å²) in [6.45, 7) is 5.28. The normalized spacial score (nSPS) is 13.9. The minimum atomic E-state index is -0.478. The Kier molecular flexibility index (Phi) is 7.03. The summed E-state index contributed by atoms with van der Waals surface area (Å²) in [6.07, 6.45) is 1.36. The van der Waals surface area contributed by atoms with Gasteiger partial charge in [-0.2, -0.15) is 5.10 Å². The average Bonchev–Trinajstić information content (AvgIpc) is 2.82. The number of piperazine rings is 1. The molecule has 0 aliphatic carbocycles. The zero-order valence-corrected chi connectivity index (χ0v) is 18.9.